The molecular formula is C15H23N3. The summed E-state index contributed by atoms with van der Waals surface area (Å²) in [6.07, 6.45) is 12.0. The zero-order chi connectivity index (χ0) is 12.2. The van der Waals surface area contributed by atoms with Crippen molar-refractivity contribution in [3.8, 4) is 0 Å². The molecule has 18 heavy (non-hydrogen) atoms. The van der Waals surface area contributed by atoms with E-state index in [1.54, 1.807) is 0 Å². The maximum absolute atomic E-state index is 5.65. The van der Waals surface area contributed by atoms with E-state index >= 15 is 0 Å². The second kappa shape index (κ2) is 3.83. The molecule has 3 N–H and O–H groups in total. The summed E-state index contributed by atoms with van der Waals surface area (Å²) in [5.41, 5.74) is 7.31. The lowest BCUT2D eigenvalue weighted by atomic mass is 9.49. The molecule has 0 spiro atoms. The smallest absolute Gasteiger partial charge is 0.106 e. The molecule has 4 saturated carbocycles. The maximum Gasteiger partial charge on any atom is 0.106 e. The van der Waals surface area contributed by atoms with Gasteiger partial charge in [-0.1, -0.05) is 0 Å². The Bertz CT molecular complexity index is 413. The fourth-order valence-corrected chi connectivity index (χ4v) is 5.46. The zero-order valence-electron chi connectivity index (χ0n) is 11.0. The van der Waals surface area contributed by atoms with E-state index in [4.69, 9.17) is 5.73 Å². The molecule has 4 aliphatic rings. The van der Waals surface area contributed by atoms with Gasteiger partial charge in [-0.3, -0.25) is 0 Å². The zero-order valence-corrected chi connectivity index (χ0v) is 11.0. The number of aromatic nitrogens is 2. The lowest BCUT2D eigenvalue weighted by Gasteiger charge is -2.56. The number of aromatic amines is 1. The highest BCUT2D eigenvalue weighted by molar-refractivity contribution is 5.08. The molecule has 5 rings (SSSR count). The largest absolute Gasteiger partial charge is 0.345 e. The lowest BCUT2D eigenvalue weighted by molar-refractivity contribution is -0.0530. The van der Waals surface area contributed by atoms with Crippen LogP contribution in [0.15, 0.2) is 6.20 Å². The Kier molecular flexibility index (Phi) is 2.35. The van der Waals surface area contributed by atoms with Gasteiger partial charge in [0, 0.05) is 24.9 Å². The van der Waals surface area contributed by atoms with Crippen molar-refractivity contribution >= 4 is 0 Å². The normalized spacial score (nSPS) is 41.5. The van der Waals surface area contributed by atoms with Crippen LogP contribution in [0.5, 0.6) is 0 Å². The fraction of sp³-hybridized carbons (Fsp3) is 0.800. The third-order valence-corrected chi connectivity index (χ3v) is 5.61. The van der Waals surface area contributed by atoms with Crippen LogP contribution >= 0.6 is 0 Å². The van der Waals surface area contributed by atoms with E-state index < -0.39 is 0 Å². The summed E-state index contributed by atoms with van der Waals surface area (Å²) in [5, 5.41) is 0. The number of imidazole rings is 1. The molecule has 1 aromatic rings. The van der Waals surface area contributed by atoms with Crippen molar-refractivity contribution in [2.45, 2.75) is 51.5 Å². The van der Waals surface area contributed by atoms with Gasteiger partial charge in [0.2, 0.25) is 0 Å². The molecule has 3 heteroatoms. The Morgan fingerprint density at radius 2 is 1.78 bits per heavy atom. The molecule has 98 valence electrons. The first-order valence-corrected chi connectivity index (χ1v) is 7.47. The monoisotopic (exact) mass is 245 g/mol. The summed E-state index contributed by atoms with van der Waals surface area (Å²) < 4.78 is 0. The van der Waals surface area contributed by atoms with Crippen molar-refractivity contribution in [1.82, 2.24) is 9.97 Å². The first kappa shape index (κ1) is 11.0. The number of nitrogens with two attached hydrogens (primary N) is 1. The second-order valence-corrected chi connectivity index (χ2v) is 7.15. The van der Waals surface area contributed by atoms with Crippen LogP contribution in [0, 0.1) is 23.2 Å². The minimum Gasteiger partial charge on any atom is -0.345 e. The number of nitrogens with zero attached hydrogens (tertiary/aromatic N) is 1. The highest BCUT2D eigenvalue weighted by atomic mass is 14.9. The average Bonchev–Trinajstić information content (AvgIpc) is 2.74. The molecule has 0 saturated heterocycles. The van der Waals surface area contributed by atoms with Gasteiger partial charge in [0.15, 0.2) is 0 Å². The van der Waals surface area contributed by atoms with Gasteiger partial charge in [0.1, 0.15) is 5.82 Å². The standard InChI is InChI=1S/C15H23N3/c16-8-13-9-17-14(18-13)7-15-4-10-1-11(5-15)3-12(2-10)6-15/h9-12H,1-8,16H2,(H,17,18). The molecule has 1 heterocycles. The van der Waals surface area contributed by atoms with E-state index in [0.717, 1.165) is 29.9 Å². The SMILES string of the molecule is NCc1cnc(CC23CC4CC(CC(C4)C2)C3)[nH]1. The van der Waals surface area contributed by atoms with Gasteiger partial charge in [-0.05, 0) is 61.7 Å². The van der Waals surface area contributed by atoms with E-state index in [-0.39, 0.29) is 0 Å². The summed E-state index contributed by atoms with van der Waals surface area (Å²) in [7, 11) is 0. The predicted molar refractivity (Wildman–Crippen MR) is 70.8 cm³/mol. The summed E-state index contributed by atoms with van der Waals surface area (Å²) >= 11 is 0. The number of nitrogens with one attached hydrogen (secondary N) is 1. The number of hydrogen-bond donors (Lipinski definition) is 2. The van der Waals surface area contributed by atoms with Gasteiger partial charge in [0.05, 0.1) is 0 Å². The summed E-state index contributed by atoms with van der Waals surface area (Å²) in [4.78, 5) is 7.93. The number of rotatable bonds is 3. The van der Waals surface area contributed by atoms with Crippen molar-refractivity contribution in [3.05, 3.63) is 17.7 Å². The molecule has 0 amide bonds. The van der Waals surface area contributed by atoms with Crippen molar-refractivity contribution in [2.24, 2.45) is 28.9 Å². The van der Waals surface area contributed by atoms with E-state index in [1.807, 2.05) is 6.20 Å². The molecule has 0 unspecified atom stereocenters. The van der Waals surface area contributed by atoms with Gasteiger partial charge in [-0.2, -0.15) is 0 Å². The van der Waals surface area contributed by atoms with Gasteiger partial charge in [-0.15, -0.1) is 0 Å². The van der Waals surface area contributed by atoms with E-state index in [9.17, 15) is 0 Å². The van der Waals surface area contributed by atoms with Crippen LogP contribution in [0.25, 0.3) is 0 Å². The molecule has 0 radical (unpaired) electrons. The summed E-state index contributed by atoms with van der Waals surface area (Å²) in [6.45, 7) is 0.577. The number of hydrogen-bond acceptors (Lipinski definition) is 2. The van der Waals surface area contributed by atoms with Crippen LogP contribution in [0.3, 0.4) is 0 Å². The van der Waals surface area contributed by atoms with Crippen LogP contribution < -0.4 is 5.73 Å². The van der Waals surface area contributed by atoms with Crippen molar-refractivity contribution in [2.75, 3.05) is 0 Å². The molecular weight excluding hydrogens is 222 g/mol. The molecule has 0 aromatic carbocycles. The molecule has 4 bridgehead atoms. The molecule has 0 aliphatic heterocycles. The van der Waals surface area contributed by atoms with Crippen LogP contribution in [0.4, 0.5) is 0 Å². The summed E-state index contributed by atoms with van der Waals surface area (Å²) in [5.74, 6) is 4.26. The highest BCUT2D eigenvalue weighted by Gasteiger charge is 2.50. The van der Waals surface area contributed by atoms with Gasteiger partial charge in [-0.25, -0.2) is 4.98 Å². The third-order valence-electron chi connectivity index (χ3n) is 5.61. The third kappa shape index (κ3) is 1.71. The molecule has 3 nitrogen and oxygen atoms in total. The fourth-order valence-electron chi connectivity index (χ4n) is 5.46. The van der Waals surface area contributed by atoms with Crippen molar-refractivity contribution < 1.29 is 0 Å². The van der Waals surface area contributed by atoms with Crippen LogP contribution in [0.2, 0.25) is 0 Å². The Morgan fingerprint density at radius 1 is 1.17 bits per heavy atom. The Labute approximate surface area is 109 Å². The first-order chi connectivity index (χ1) is 8.75. The van der Waals surface area contributed by atoms with Crippen molar-refractivity contribution in [1.29, 1.82) is 0 Å². The Balaban J connectivity index is 1.56. The minimum atomic E-state index is 0.577. The topological polar surface area (TPSA) is 54.7 Å². The average molecular weight is 245 g/mol. The first-order valence-electron chi connectivity index (χ1n) is 7.47. The Morgan fingerprint density at radius 3 is 2.28 bits per heavy atom. The highest BCUT2D eigenvalue weighted by Crippen LogP contribution is 2.60. The van der Waals surface area contributed by atoms with E-state index in [2.05, 4.69) is 9.97 Å². The van der Waals surface area contributed by atoms with Crippen LogP contribution in [0.1, 0.15) is 50.0 Å². The van der Waals surface area contributed by atoms with E-state index in [1.165, 1.54) is 44.3 Å². The quantitative estimate of drug-likeness (QED) is 0.860. The predicted octanol–water partition coefficient (Wildman–Crippen LogP) is 2.63. The van der Waals surface area contributed by atoms with Gasteiger partial charge in [0.25, 0.3) is 0 Å². The van der Waals surface area contributed by atoms with Crippen LogP contribution in [-0.2, 0) is 13.0 Å². The van der Waals surface area contributed by atoms with Crippen molar-refractivity contribution in [3.63, 3.8) is 0 Å². The molecule has 4 fully saturated rings. The van der Waals surface area contributed by atoms with Gasteiger partial charge >= 0.3 is 0 Å². The maximum atomic E-state index is 5.65. The second-order valence-electron chi connectivity index (χ2n) is 7.15. The van der Waals surface area contributed by atoms with Crippen LogP contribution in [-0.4, -0.2) is 9.97 Å². The molecule has 1 aromatic heterocycles. The molecule has 0 atom stereocenters. The number of H-pyrrole nitrogens is 1. The molecule has 4 aliphatic carbocycles. The van der Waals surface area contributed by atoms with Gasteiger partial charge < -0.3 is 10.7 Å². The van der Waals surface area contributed by atoms with E-state index in [0.29, 0.717) is 12.0 Å². The lowest BCUT2D eigenvalue weighted by Crippen LogP contribution is -2.47. The minimum absolute atomic E-state index is 0.577. The Hall–Kier alpha value is -0.830. The summed E-state index contributed by atoms with van der Waals surface area (Å²) in [6, 6.07) is 0.